The Morgan fingerprint density at radius 3 is 2.34 bits per heavy atom. The van der Waals surface area contributed by atoms with Gasteiger partial charge in [-0.1, -0.05) is 37.1 Å². The van der Waals surface area contributed by atoms with Crippen LogP contribution in [0, 0.1) is 13.8 Å². The first-order chi connectivity index (χ1) is 18.0. The van der Waals surface area contributed by atoms with Crippen molar-refractivity contribution in [2.45, 2.75) is 77.9 Å². The molecule has 0 spiro atoms. The SMILES string of the molecule is COc1ccc(CN(C(=O)CCCN(c2cc(C)ccc2C)S(C)(=O)=O)[C@@H](C)C(=O)NC2CCCC2)cc1. The number of sulfonamides is 1. The normalized spacial score (nSPS) is 14.7. The third kappa shape index (κ3) is 7.96. The molecule has 2 amide bonds. The molecule has 0 aromatic heterocycles. The maximum atomic E-state index is 13.5. The van der Waals surface area contributed by atoms with Crippen LogP contribution in [0.4, 0.5) is 5.69 Å². The number of carbonyl (C=O) groups is 2. The third-order valence-corrected chi connectivity index (χ3v) is 8.35. The van der Waals surface area contributed by atoms with Gasteiger partial charge in [0.25, 0.3) is 0 Å². The van der Waals surface area contributed by atoms with Gasteiger partial charge in [0.15, 0.2) is 0 Å². The summed E-state index contributed by atoms with van der Waals surface area (Å²) >= 11 is 0. The lowest BCUT2D eigenvalue weighted by Gasteiger charge is -2.30. The quantitative estimate of drug-likeness (QED) is 0.430. The summed E-state index contributed by atoms with van der Waals surface area (Å²) < 4.78 is 31.9. The molecule has 1 saturated carbocycles. The summed E-state index contributed by atoms with van der Waals surface area (Å²) in [6.45, 7) is 5.99. The zero-order valence-corrected chi connectivity index (χ0v) is 24.0. The Morgan fingerprint density at radius 2 is 1.74 bits per heavy atom. The van der Waals surface area contributed by atoms with Crippen molar-refractivity contribution in [3.63, 3.8) is 0 Å². The number of rotatable bonds is 12. The van der Waals surface area contributed by atoms with E-state index in [0.717, 1.165) is 42.4 Å². The molecule has 0 heterocycles. The first-order valence-electron chi connectivity index (χ1n) is 13.3. The van der Waals surface area contributed by atoms with E-state index >= 15 is 0 Å². The lowest BCUT2D eigenvalue weighted by Crippen LogP contribution is -2.49. The van der Waals surface area contributed by atoms with Crippen molar-refractivity contribution >= 4 is 27.5 Å². The lowest BCUT2D eigenvalue weighted by atomic mass is 10.1. The van der Waals surface area contributed by atoms with Crippen molar-refractivity contribution in [2.75, 3.05) is 24.2 Å². The molecule has 0 saturated heterocycles. The fourth-order valence-electron chi connectivity index (χ4n) is 4.87. The summed E-state index contributed by atoms with van der Waals surface area (Å²) in [7, 11) is -1.95. The Balaban J connectivity index is 1.74. The summed E-state index contributed by atoms with van der Waals surface area (Å²) in [5.41, 5.74) is 3.32. The van der Waals surface area contributed by atoms with Crippen LogP contribution in [0.3, 0.4) is 0 Å². The second-order valence-electron chi connectivity index (χ2n) is 10.3. The van der Waals surface area contributed by atoms with Crippen molar-refractivity contribution in [3.8, 4) is 5.75 Å². The van der Waals surface area contributed by atoms with E-state index in [1.165, 1.54) is 10.6 Å². The molecule has 1 atom stereocenters. The van der Waals surface area contributed by atoms with Crippen LogP contribution in [-0.2, 0) is 26.2 Å². The highest BCUT2D eigenvalue weighted by Gasteiger charge is 2.29. The van der Waals surface area contributed by atoms with Gasteiger partial charge in [-0.3, -0.25) is 13.9 Å². The summed E-state index contributed by atoms with van der Waals surface area (Å²) in [6.07, 6.45) is 5.76. The Kier molecular flexibility index (Phi) is 10.2. The van der Waals surface area contributed by atoms with Crippen molar-refractivity contribution < 1.29 is 22.7 Å². The number of hydrogen-bond acceptors (Lipinski definition) is 5. The largest absolute Gasteiger partial charge is 0.497 e. The third-order valence-electron chi connectivity index (χ3n) is 7.17. The smallest absolute Gasteiger partial charge is 0.242 e. The van der Waals surface area contributed by atoms with Crippen molar-refractivity contribution in [3.05, 3.63) is 59.2 Å². The summed E-state index contributed by atoms with van der Waals surface area (Å²) in [4.78, 5) is 28.2. The van der Waals surface area contributed by atoms with E-state index < -0.39 is 16.1 Å². The predicted molar refractivity (Wildman–Crippen MR) is 151 cm³/mol. The van der Waals surface area contributed by atoms with E-state index in [4.69, 9.17) is 4.74 Å². The molecule has 3 rings (SSSR count). The number of aryl methyl sites for hydroxylation is 2. The average molecular weight is 544 g/mol. The molecule has 38 heavy (non-hydrogen) atoms. The van der Waals surface area contributed by atoms with Gasteiger partial charge in [-0.2, -0.15) is 0 Å². The molecule has 2 aromatic rings. The molecule has 8 nitrogen and oxygen atoms in total. The molecule has 208 valence electrons. The molecule has 1 aliphatic rings. The molecule has 0 unspecified atom stereocenters. The maximum absolute atomic E-state index is 13.5. The molecule has 2 aromatic carbocycles. The number of hydrogen-bond donors (Lipinski definition) is 1. The van der Waals surface area contributed by atoms with Gasteiger partial charge in [-0.05, 0) is 74.9 Å². The maximum Gasteiger partial charge on any atom is 0.242 e. The molecule has 0 radical (unpaired) electrons. The summed E-state index contributed by atoms with van der Waals surface area (Å²) in [6, 6.07) is 12.6. The van der Waals surface area contributed by atoms with Crippen LogP contribution in [0.1, 0.15) is 62.1 Å². The van der Waals surface area contributed by atoms with Crippen LogP contribution in [-0.4, -0.2) is 57.1 Å². The minimum absolute atomic E-state index is 0.119. The van der Waals surface area contributed by atoms with Gasteiger partial charge in [0, 0.05) is 25.6 Å². The Hall–Kier alpha value is -3.07. The highest BCUT2D eigenvalue weighted by Crippen LogP contribution is 2.25. The van der Waals surface area contributed by atoms with Crippen LogP contribution in [0.2, 0.25) is 0 Å². The summed E-state index contributed by atoms with van der Waals surface area (Å²) in [5.74, 6) is 0.363. The van der Waals surface area contributed by atoms with E-state index in [-0.39, 0.29) is 37.4 Å². The Bertz CT molecular complexity index is 1210. The number of nitrogens with one attached hydrogen (secondary N) is 1. The molecule has 0 aliphatic heterocycles. The minimum Gasteiger partial charge on any atom is -0.497 e. The monoisotopic (exact) mass is 543 g/mol. The number of nitrogens with zero attached hydrogens (tertiary/aromatic N) is 2. The zero-order valence-electron chi connectivity index (χ0n) is 23.2. The predicted octanol–water partition coefficient (Wildman–Crippen LogP) is 4.33. The zero-order chi connectivity index (χ0) is 27.9. The standard InChI is InChI=1S/C29H41N3O5S/c1-21-12-13-22(2)27(19-21)32(38(5,35)36)18-8-11-28(33)31(20-24-14-16-26(37-4)17-15-24)23(3)29(34)30-25-9-6-7-10-25/h12-17,19,23,25H,6-11,18,20H2,1-5H3,(H,30,34)/t23-/m0/s1. The highest BCUT2D eigenvalue weighted by atomic mass is 32.2. The average Bonchev–Trinajstić information content (AvgIpc) is 3.39. The fraction of sp³-hybridized carbons (Fsp3) is 0.517. The van der Waals surface area contributed by atoms with E-state index in [1.807, 2.05) is 56.3 Å². The van der Waals surface area contributed by atoms with Gasteiger partial charge in [0.2, 0.25) is 21.8 Å². The first kappa shape index (κ1) is 29.5. The number of benzene rings is 2. The van der Waals surface area contributed by atoms with Crippen molar-refractivity contribution in [1.29, 1.82) is 0 Å². The van der Waals surface area contributed by atoms with Crippen LogP contribution in [0.25, 0.3) is 0 Å². The molecule has 0 bridgehead atoms. The van der Waals surface area contributed by atoms with E-state index in [2.05, 4.69) is 5.32 Å². The second-order valence-corrected chi connectivity index (χ2v) is 12.2. The van der Waals surface area contributed by atoms with Gasteiger partial charge in [0.1, 0.15) is 11.8 Å². The lowest BCUT2D eigenvalue weighted by molar-refractivity contribution is -0.141. The van der Waals surface area contributed by atoms with E-state index in [0.29, 0.717) is 17.9 Å². The van der Waals surface area contributed by atoms with Crippen LogP contribution >= 0.6 is 0 Å². The van der Waals surface area contributed by atoms with Crippen molar-refractivity contribution in [2.24, 2.45) is 0 Å². The fourth-order valence-corrected chi connectivity index (χ4v) is 5.89. The van der Waals surface area contributed by atoms with Gasteiger partial charge < -0.3 is 15.0 Å². The molecular formula is C29H41N3O5S. The van der Waals surface area contributed by atoms with Gasteiger partial charge in [0.05, 0.1) is 19.1 Å². The molecular weight excluding hydrogens is 502 g/mol. The number of carbonyl (C=O) groups excluding carboxylic acids is 2. The Morgan fingerprint density at radius 1 is 1.08 bits per heavy atom. The van der Waals surface area contributed by atoms with Gasteiger partial charge in [-0.25, -0.2) is 8.42 Å². The Labute approximate surface area is 227 Å². The van der Waals surface area contributed by atoms with Crippen LogP contribution < -0.4 is 14.4 Å². The number of methoxy groups -OCH3 is 1. The number of amides is 2. The molecule has 1 fully saturated rings. The second kappa shape index (κ2) is 13.1. The summed E-state index contributed by atoms with van der Waals surface area (Å²) in [5, 5.41) is 3.10. The van der Waals surface area contributed by atoms with Gasteiger partial charge >= 0.3 is 0 Å². The number of ether oxygens (including phenoxy) is 1. The molecule has 1 aliphatic carbocycles. The first-order valence-corrected chi connectivity index (χ1v) is 15.1. The minimum atomic E-state index is -3.54. The van der Waals surface area contributed by atoms with E-state index in [9.17, 15) is 18.0 Å². The van der Waals surface area contributed by atoms with E-state index in [1.54, 1.807) is 18.9 Å². The number of anilines is 1. The topological polar surface area (TPSA) is 96.0 Å². The molecule has 9 heteroatoms. The van der Waals surface area contributed by atoms with Crippen LogP contribution in [0.15, 0.2) is 42.5 Å². The highest BCUT2D eigenvalue weighted by molar-refractivity contribution is 7.92. The van der Waals surface area contributed by atoms with Crippen molar-refractivity contribution in [1.82, 2.24) is 10.2 Å². The van der Waals surface area contributed by atoms with Gasteiger partial charge in [-0.15, -0.1) is 0 Å². The van der Waals surface area contributed by atoms with Crippen LogP contribution in [0.5, 0.6) is 5.75 Å². The molecule has 1 N–H and O–H groups in total.